The molecule has 0 aliphatic rings. The zero-order valence-corrected chi connectivity index (χ0v) is 11.8. The van der Waals surface area contributed by atoms with Crippen molar-refractivity contribution in [1.82, 2.24) is 0 Å². The van der Waals surface area contributed by atoms with E-state index in [-0.39, 0.29) is 16.6 Å². The Hall–Kier alpha value is -1.59. The first-order valence-electron chi connectivity index (χ1n) is 5.68. The maximum absolute atomic E-state index is 13.4. The number of hydrogen-bond donors (Lipinski definition) is 1. The van der Waals surface area contributed by atoms with Crippen LogP contribution in [-0.4, -0.2) is 11.7 Å². The first kappa shape index (κ1) is 14.8. The van der Waals surface area contributed by atoms with E-state index in [2.05, 4.69) is 5.32 Å². The molecule has 2 aromatic carbocycles. The highest BCUT2D eigenvalue weighted by molar-refractivity contribution is 8.00. The van der Waals surface area contributed by atoms with Crippen LogP contribution < -0.4 is 5.32 Å². The lowest BCUT2D eigenvalue weighted by Crippen LogP contribution is -2.14. The van der Waals surface area contributed by atoms with Crippen LogP contribution in [0.25, 0.3) is 0 Å². The number of nitrogens with one attached hydrogen (secondary N) is 1. The minimum atomic E-state index is -0.546. The van der Waals surface area contributed by atoms with E-state index < -0.39 is 11.6 Å². The van der Waals surface area contributed by atoms with Gasteiger partial charge in [0, 0.05) is 15.6 Å². The molecule has 0 atom stereocenters. The molecule has 2 rings (SSSR count). The topological polar surface area (TPSA) is 29.1 Å². The Morgan fingerprint density at radius 1 is 1.15 bits per heavy atom. The SMILES string of the molecule is O=C(CSc1cc(F)ccc1F)Nc1ccc(Cl)cc1. The maximum Gasteiger partial charge on any atom is 0.234 e. The Morgan fingerprint density at radius 2 is 1.85 bits per heavy atom. The van der Waals surface area contributed by atoms with Crippen LogP contribution in [0.1, 0.15) is 0 Å². The van der Waals surface area contributed by atoms with Crippen molar-refractivity contribution < 1.29 is 13.6 Å². The number of carbonyl (C=O) groups excluding carboxylic acids is 1. The van der Waals surface area contributed by atoms with Crippen LogP contribution in [0.15, 0.2) is 47.4 Å². The summed E-state index contributed by atoms with van der Waals surface area (Å²) in [5.41, 5.74) is 0.597. The fourth-order valence-corrected chi connectivity index (χ4v) is 2.35. The molecule has 6 heteroatoms. The van der Waals surface area contributed by atoms with E-state index in [0.29, 0.717) is 10.7 Å². The number of hydrogen-bond acceptors (Lipinski definition) is 2. The molecule has 0 radical (unpaired) electrons. The minimum absolute atomic E-state index is 0.0109. The molecular formula is C14H10ClF2NOS. The molecule has 0 aliphatic carbocycles. The number of carbonyl (C=O) groups is 1. The maximum atomic E-state index is 13.4. The summed E-state index contributed by atoms with van der Waals surface area (Å²) in [5, 5.41) is 3.21. The third-order valence-corrected chi connectivity index (χ3v) is 3.66. The molecule has 2 aromatic rings. The largest absolute Gasteiger partial charge is 0.325 e. The molecule has 0 saturated carbocycles. The lowest BCUT2D eigenvalue weighted by Gasteiger charge is -2.06. The number of thioether (sulfide) groups is 1. The van der Waals surface area contributed by atoms with Gasteiger partial charge in [0.1, 0.15) is 11.6 Å². The highest BCUT2D eigenvalue weighted by Crippen LogP contribution is 2.23. The number of anilines is 1. The van der Waals surface area contributed by atoms with Crippen LogP contribution in [0.4, 0.5) is 14.5 Å². The van der Waals surface area contributed by atoms with Crippen molar-refractivity contribution in [2.24, 2.45) is 0 Å². The van der Waals surface area contributed by atoms with Gasteiger partial charge in [0.2, 0.25) is 5.91 Å². The monoisotopic (exact) mass is 313 g/mol. The molecule has 2 nitrogen and oxygen atoms in total. The van der Waals surface area contributed by atoms with Gasteiger partial charge in [-0.15, -0.1) is 11.8 Å². The van der Waals surface area contributed by atoms with Gasteiger partial charge in [-0.3, -0.25) is 4.79 Å². The molecule has 1 N–H and O–H groups in total. The molecular weight excluding hydrogens is 304 g/mol. The summed E-state index contributed by atoms with van der Waals surface area (Å²) >= 11 is 6.67. The van der Waals surface area contributed by atoms with E-state index in [1.165, 1.54) is 0 Å². The fraction of sp³-hybridized carbons (Fsp3) is 0.0714. The molecule has 0 bridgehead atoms. The lowest BCUT2D eigenvalue weighted by molar-refractivity contribution is -0.113. The fourth-order valence-electron chi connectivity index (χ4n) is 1.46. The lowest BCUT2D eigenvalue weighted by atomic mass is 10.3. The molecule has 1 amide bonds. The standard InChI is InChI=1S/C14H10ClF2NOS/c15-9-1-4-11(5-2-9)18-14(19)8-20-13-7-10(16)3-6-12(13)17/h1-7H,8H2,(H,18,19). The van der Waals surface area contributed by atoms with Crippen LogP contribution in [0, 0.1) is 11.6 Å². The second-order valence-electron chi connectivity index (χ2n) is 3.92. The Kier molecular flexibility index (Phi) is 4.98. The van der Waals surface area contributed by atoms with Gasteiger partial charge in [-0.2, -0.15) is 0 Å². The average Bonchev–Trinajstić information content (AvgIpc) is 2.42. The molecule has 0 unspecified atom stereocenters. The van der Waals surface area contributed by atoms with Gasteiger partial charge < -0.3 is 5.32 Å². The first-order valence-corrected chi connectivity index (χ1v) is 7.04. The smallest absolute Gasteiger partial charge is 0.234 e. The summed E-state index contributed by atoms with van der Waals surface area (Å²) in [5.74, 6) is -1.40. The summed E-state index contributed by atoms with van der Waals surface area (Å²) in [6.45, 7) is 0. The highest BCUT2D eigenvalue weighted by Gasteiger charge is 2.08. The van der Waals surface area contributed by atoms with E-state index in [1.807, 2.05) is 0 Å². The van der Waals surface area contributed by atoms with Crippen LogP contribution in [0.3, 0.4) is 0 Å². The zero-order chi connectivity index (χ0) is 14.5. The molecule has 0 heterocycles. The van der Waals surface area contributed by atoms with Crippen molar-refractivity contribution >= 4 is 35.0 Å². The number of benzene rings is 2. The summed E-state index contributed by atoms with van der Waals surface area (Å²) in [4.78, 5) is 11.8. The van der Waals surface area contributed by atoms with Crippen molar-refractivity contribution in [2.75, 3.05) is 11.1 Å². The van der Waals surface area contributed by atoms with Gasteiger partial charge >= 0.3 is 0 Å². The second kappa shape index (κ2) is 6.72. The third kappa shape index (κ3) is 4.21. The normalized spacial score (nSPS) is 10.3. The Balaban J connectivity index is 1.92. The van der Waals surface area contributed by atoms with E-state index >= 15 is 0 Å². The molecule has 104 valence electrons. The third-order valence-electron chi connectivity index (χ3n) is 2.38. The van der Waals surface area contributed by atoms with Crippen molar-refractivity contribution in [3.8, 4) is 0 Å². The van der Waals surface area contributed by atoms with Crippen molar-refractivity contribution in [3.63, 3.8) is 0 Å². The average molecular weight is 314 g/mol. The Labute approximate surface area is 124 Å². The molecule has 0 aliphatic heterocycles. The summed E-state index contributed by atoms with van der Waals surface area (Å²) < 4.78 is 26.3. The molecule has 0 fully saturated rings. The van der Waals surface area contributed by atoms with E-state index in [9.17, 15) is 13.6 Å². The zero-order valence-electron chi connectivity index (χ0n) is 10.2. The Morgan fingerprint density at radius 3 is 2.55 bits per heavy atom. The van der Waals surface area contributed by atoms with Gasteiger partial charge in [0.05, 0.1) is 5.75 Å². The number of rotatable bonds is 4. The summed E-state index contributed by atoms with van der Waals surface area (Å²) in [6, 6.07) is 9.76. The van der Waals surface area contributed by atoms with Crippen LogP contribution >= 0.6 is 23.4 Å². The van der Waals surface area contributed by atoms with Gasteiger partial charge in [-0.1, -0.05) is 11.6 Å². The molecule has 20 heavy (non-hydrogen) atoms. The van der Waals surface area contributed by atoms with Crippen molar-refractivity contribution in [1.29, 1.82) is 0 Å². The van der Waals surface area contributed by atoms with Crippen molar-refractivity contribution in [2.45, 2.75) is 4.90 Å². The van der Waals surface area contributed by atoms with Crippen LogP contribution in [0.5, 0.6) is 0 Å². The summed E-state index contributed by atoms with van der Waals surface area (Å²) in [7, 11) is 0. The number of amides is 1. The highest BCUT2D eigenvalue weighted by atomic mass is 35.5. The molecule has 0 spiro atoms. The van der Waals surface area contributed by atoms with Gasteiger partial charge in [-0.25, -0.2) is 8.78 Å². The van der Waals surface area contributed by atoms with Gasteiger partial charge in [-0.05, 0) is 42.5 Å². The predicted octanol–water partition coefficient (Wildman–Crippen LogP) is 4.35. The van der Waals surface area contributed by atoms with E-state index in [0.717, 1.165) is 30.0 Å². The van der Waals surface area contributed by atoms with Crippen LogP contribution in [-0.2, 0) is 4.79 Å². The van der Waals surface area contributed by atoms with Gasteiger partial charge in [0.15, 0.2) is 0 Å². The Bertz CT molecular complexity index is 619. The van der Waals surface area contributed by atoms with E-state index in [1.54, 1.807) is 24.3 Å². The number of halogens is 3. The quantitative estimate of drug-likeness (QED) is 0.850. The summed E-state index contributed by atoms with van der Waals surface area (Å²) in [6.07, 6.45) is 0. The van der Waals surface area contributed by atoms with Crippen LogP contribution in [0.2, 0.25) is 5.02 Å². The first-order chi connectivity index (χ1) is 9.54. The van der Waals surface area contributed by atoms with Crippen molar-refractivity contribution in [3.05, 3.63) is 59.1 Å². The predicted molar refractivity (Wildman–Crippen MR) is 77.2 cm³/mol. The van der Waals surface area contributed by atoms with Gasteiger partial charge in [0.25, 0.3) is 0 Å². The second-order valence-corrected chi connectivity index (χ2v) is 5.37. The molecule has 0 aromatic heterocycles. The minimum Gasteiger partial charge on any atom is -0.325 e. The van der Waals surface area contributed by atoms with E-state index in [4.69, 9.17) is 11.6 Å². The molecule has 0 saturated heterocycles.